The van der Waals surface area contributed by atoms with Gasteiger partial charge in [-0.2, -0.15) is 23.5 Å². The van der Waals surface area contributed by atoms with Crippen molar-refractivity contribution in [2.45, 2.75) is 147 Å². The van der Waals surface area contributed by atoms with Crippen molar-refractivity contribution in [1.29, 1.82) is 0 Å². The minimum atomic E-state index is -0.703. The first kappa shape index (κ1) is 32.6. The zero-order chi connectivity index (χ0) is 31.2. The molecule has 0 aromatic carbocycles. The summed E-state index contributed by atoms with van der Waals surface area (Å²) in [7, 11) is 0. The summed E-state index contributed by atoms with van der Waals surface area (Å²) >= 11 is 4.06. The fourth-order valence-corrected chi connectivity index (χ4v) is 13.4. The highest BCUT2D eigenvalue weighted by Crippen LogP contribution is 2.62. The largest absolute Gasteiger partial charge is 0.345 e. The van der Waals surface area contributed by atoms with Crippen molar-refractivity contribution in [1.82, 2.24) is 0 Å². The highest BCUT2D eigenvalue weighted by Gasteiger charge is 2.70. The zero-order valence-electron chi connectivity index (χ0n) is 28.2. The number of fused-ring (bicyclic) bond motifs is 4. The van der Waals surface area contributed by atoms with Crippen LogP contribution in [0.3, 0.4) is 0 Å². The molecule has 45 heavy (non-hydrogen) atoms. The van der Waals surface area contributed by atoms with E-state index in [-0.39, 0.29) is 24.8 Å². The molecule has 10 aliphatic rings. The highest BCUT2D eigenvalue weighted by atomic mass is 32.2. The van der Waals surface area contributed by atoms with E-state index in [4.69, 9.17) is 38.5 Å². The summed E-state index contributed by atoms with van der Waals surface area (Å²) in [6, 6.07) is 0. The van der Waals surface area contributed by atoms with Gasteiger partial charge in [0.2, 0.25) is 11.6 Å². The average molecular weight is 669 g/mol. The van der Waals surface area contributed by atoms with Crippen LogP contribution in [0.15, 0.2) is 0 Å². The van der Waals surface area contributed by atoms with Gasteiger partial charge in [0.15, 0.2) is 23.8 Å². The zero-order valence-corrected chi connectivity index (χ0v) is 29.8. The molecule has 0 aromatic rings. The summed E-state index contributed by atoms with van der Waals surface area (Å²) in [5, 5.41) is 0. The fraction of sp³-hybridized carbons (Fsp3) is 1.00. The lowest BCUT2D eigenvalue weighted by molar-refractivity contribution is -0.570. The van der Waals surface area contributed by atoms with Crippen LogP contribution >= 0.6 is 23.5 Å². The Morgan fingerprint density at radius 3 is 1.44 bits per heavy atom. The van der Waals surface area contributed by atoms with Crippen molar-refractivity contribution in [2.75, 3.05) is 23.0 Å². The van der Waals surface area contributed by atoms with Gasteiger partial charge in [-0.3, -0.25) is 0 Å². The summed E-state index contributed by atoms with van der Waals surface area (Å²) in [5.41, 5.74) is -0.921. The van der Waals surface area contributed by atoms with E-state index in [2.05, 4.69) is 27.7 Å². The van der Waals surface area contributed by atoms with Crippen molar-refractivity contribution in [3.05, 3.63) is 0 Å². The summed E-state index contributed by atoms with van der Waals surface area (Å²) in [6.45, 7) is 13.5. The topological polar surface area (TPSA) is 73.8 Å². The summed E-state index contributed by atoms with van der Waals surface area (Å²) in [4.78, 5) is 24.6. The molecule has 8 aliphatic heterocycles. The molecule has 256 valence electrons. The Hall–Kier alpha value is 0.380. The molecule has 2 spiro atoms. The minimum Gasteiger partial charge on any atom is -0.345 e. The Bertz CT molecular complexity index is 1020. The third-order valence-corrected chi connectivity index (χ3v) is 16.0. The molecule has 10 heteroatoms. The summed E-state index contributed by atoms with van der Waals surface area (Å²) < 4.78 is 26.7. The first-order chi connectivity index (χ1) is 21.6. The van der Waals surface area contributed by atoms with Gasteiger partial charge in [-0.1, -0.05) is 27.7 Å². The molecule has 0 amide bonds. The van der Waals surface area contributed by atoms with E-state index in [1.807, 2.05) is 37.4 Å². The monoisotopic (exact) mass is 668 g/mol. The second kappa shape index (κ2) is 12.0. The molecule has 0 N–H and O–H groups in total. The van der Waals surface area contributed by atoms with Crippen LogP contribution in [0, 0.1) is 47.3 Å². The molecule has 8 heterocycles. The minimum absolute atomic E-state index is 0.178. The lowest BCUT2D eigenvalue weighted by Gasteiger charge is -2.60. The van der Waals surface area contributed by atoms with Crippen molar-refractivity contribution >= 4 is 23.5 Å². The second-order valence-electron chi connectivity index (χ2n) is 16.4. The van der Waals surface area contributed by atoms with E-state index < -0.39 is 22.8 Å². The van der Waals surface area contributed by atoms with Gasteiger partial charge in [0, 0.05) is 36.2 Å². The van der Waals surface area contributed by atoms with Crippen LogP contribution in [0.25, 0.3) is 0 Å². The van der Waals surface area contributed by atoms with Crippen LogP contribution in [0.2, 0.25) is 0 Å². The van der Waals surface area contributed by atoms with E-state index in [9.17, 15) is 0 Å². The second-order valence-corrected chi connectivity index (χ2v) is 18.7. The lowest BCUT2D eigenvalue weighted by Crippen LogP contribution is -2.70. The van der Waals surface area contributed by atoms with Crippen molar-refractivity contribution in [2.24, 2.45) is 47.3 Å². The molecule has 4 bridgehead atoms. The maximum absolute atomic E-state index is 6.79. The molecule has 0 aromatic heterocycles. The number of hydrogen-bond donors (Lipinski definition) is 0. The van der Waals surface area contributed by atoms with Gasteiger partial charge in [0.1, 0.15) is 0 Å². The maximum atomic E-state index is 6.79. The normalized spacial score (nSPS) is 56.7. The van der Waals surface area contributed by atoms with Crippen molar-refractivity contribution < 1.29 is 38.5 Å². The molecular weight excluding hydrogens is 613 g/mol. The Morgan fingerprint density at radius 1 is 0.556 bits per heavy atom. The van der Waals surface area contributed by atoms with Crippen LogP contribution in [-0.4, -0.2) is 70.6 Å². The van der Waals surface area contributed by atoms with E-state index in [0.29, 0.717) is 47.3 Å². The number of ether oxygens (including phenoxy) is 4. The quantitative estimate of drug-likeness (QED) is 0.194. The van der Waals surface area contributed by atoms with Gasteiger partial charge in [0.05, 0.1) is 12.2 Å². The van der Waals surface area contributed by atoms with Gasteiger partial charge < -0.3 is 18.9 Å². The maximum Gasteiger partial charge on any atom is 0.201 e. The Balaban J connectivity index is 0.827. The predicted octanol–water partition coefficient (Wildman–Crippen LogP) is 7.34. The standard InChI is InChI=1S/C35H56O8S2/c1-20-8-10-26-22(3)28(36-30-34(26)24(20)12-14-32(5,38-30)40-42-34)18-44-16-7-17-45-19-29-23(4)27-11-9-21(2)25-13-15-33(6)39-31(37-29)35(25,27)43-41-33/h20-31H,7-19H2,1-6H3/t20-,21-,22-,23-,24+,25+,26+,27+,28?,29?,30+,31+,32-,33-,34-,35-/m1/s1. The predicted molar refractivity (Wildman–Crippen MR) is 173 cm³/mol. The number of rotatable bonds is 8. The van der Waals surface area contributed by atoms with Crippen LogP contribution < -0.4 is 0 Å². The van der Waals surface area contributed by atoms with Crippen molar-refractivity contribution in [3.8, 4) is 0 Å². The Kier molecular flexibility index (Phi) is 8.70. The van der Waals surface area contributed by atoms with Crippen LogP contribution in [-0.2, 0) is 38.5 Å². The smallest absolute Gasteiger partial charge is 0.201 e. The lowest BCUT2D eigenvalue weighted by atomic mass is 9.57. The van der Waals surface area contributed by atoms with Gasteiger partial charge in [-0.05, 0) is 106 Å². The molecule has 8 nitrogen and oxygen atoms in total. The van der Waals surface area contributed by atoms with Crippen LogP contribution in [0.4, 0.5) is 0 Å². The summed E-state index contributed by atoms with van der Waals surface area (Å²) in [6.07, 6.45) is 9.59. The van der Waals surface area contributed by atoms with E-state index >= 15 is 0 Å². The Morgan fingerprint density at radius 2 is 1.00 bits per heavy atom. The molecule has 2 unspecified atom stereocenters. The van der Waals surface area contributed by atoms with E-state index in [1.165, 1.54) is 19.3 Å². The van der Waals surface area contributed by atoms with Crippen LogP contribution in [0.1, 0.15) is 99.3 Å². The SMILES string of the molecule is C[C@@H]1CC[C@H]2[C@@H](C)C(CSCCCSCC3O[C@H]4O[C@@]5(C)CC[C@H]6[C@H](C)CC[C@@H]([C@H]3C)[C@@]46OO5)O[C@H]3O[C@@]4(C)CC[C@@H]1[C@]32OO4. The number of thioether (sulfide) groups is 2. The molecule has 10 fully saturated rings. The first-order valence-corrected chi connectivity index (χ1v) is 20.5. The van der Waals surface area contributed by atoms with Gasteiger partial charge >= 0.3 is 0 Å². The van der Waals surface area contributed by atoms with Gasteiger partial charge in [-0.25, -0.2) is 19.6 Å². The third kappa shape index (κ3) is 5.15. The highest BCUT2D eigenvalue weighted by molar-refractivity contribution is 8.00. The van der Waals surface area contributed by atoms with E-state index in [0.717, 1.165) is 61.5 Å². The van der Waals surface area contributed by atoms with Crippen LogP contribution in [0.5, 0.6) is 0 Å². The molecule has 2 aliphatic carbocycles. The first-order valence-electron chi connectivity index (χ1n) is 18.1. The molecule has 0 radical (unpaired) electrons. The summed E-state index contributed by atoms with van der Waals surface area (Å²) in [5.74, 6) is 6.58. The molecule has 8 saturated heterocycles. The average Bonchev–Trinajstić information content (AvgIpc) is 3.39. The molecule has 2 saturated carbocycles. The molecular formula is C35H56O8S2. The van der Waals surface area contributed by atoms with Crippen molar-refractivity contribution in [3.63, 3.8) is 0 Å². The fourth-order valence-electron chi connectivity index (χ4n) is 11.0. The van der Waals surface area contributed by atoms with Gasteiger partial charge in [0.25, 0.3) is 0 Å². The molecule has 10 rings (SSSR count). The number of hydrogen-bond acceptors (Lipinski definition) is 10. The third-order valence-electron chi connectivity index (χ3n) is 13.7. The van der Waals surface area contributed by atoms with Gasteiger partial charge in [-0.15, -0.1) is 0 Å². The van der Waals surface area contributed by atoms with E-state index in [1.54, 1.807) is 0 Å². The molecule has 16 atom stereocenters. The Labute approximate surface area is 278 Å².